The predicted octanol–water partition coefficient (Wildman–Crippen LogP) is 1.26. The molecule has 262 valence electrons. The zero-order valence-electron chi connectivity index (χ0n) is 26.5. The second-order valence-electron chi connectivity index (χ2n) is 11.2. The third-order valence-corrected chi connectivity index (χ3v) is 10.0. The van der Waals surface area contributed by atoms with E-state index in [2.05, 4.69) is 14.4 Å². The van der Waals surface area contributed by atoms with E-state index in [1.54, 1.807) is 12.1 Å². The summed E-state index contributed by atoms with van der Waals surface area (Å²) in [4.78, 5) is 46.0. The molecule has 0 aliphatic carbocycles. The van der Waals surface area contributed by atoms with Crippen LogP contribution in [0, 0.1) is 5.92 Å². The number of oxime groups is 1. The molecule has 1 unspecified atom stereocenters. The number of thiazole rings is 1. The standard InChI is InChI=1S/C27H36N7O11PS2/c1-27(2)20(25(36)34(27)45-48(39,40)41)12-22(35)24(21-16-47-26(29)30-21)31-44-23(46(37,38)42-4)15-43-19-8-6-17(7-9-19)18-13-32(3)33(14-18)11-5-10-28/h6-9,13-14,16,20,23H,5,10-12,15,28H2,1-4H3,(H3-,29,30,37,38,39,40,41)/p+1/b31-24-/t20-,23-/m1/s1. The first-order valence-corrected chi connectivity index (χ1v) is 18.2. The molecule has 1 aromatic carbocycles. The summed E-state index contributed by atoms with van der Waals surface area (Å²) in [5.74, 6) is -4.14. The van der Waals surface area contributed by atoms with Gasteiger partial charge in [0.15, 0.2) is 23.7 Å². The van der Waals surface area contributed by atoms with E-state index in [4.69, 9.17) is 30.1 Å². The third-order valence-electron chi connectivity index (χ3n) is 7.54. The number of hydroxylamine groups is 2. The lowest BCUT2D eigenvalue weighted by Crippen LogP contribution is -2.68. The largest absolute Gasteiger partial charge is 0.489 e. The van der Waals surface area contributed by atoms with Crippen LogP contribution in [-0.2, 0) is 51.8 Å². The van der Waals surface area contributed by atoms with Crippen molar-refractivity contribution >= 4 is 51.9 Å². The molecular formula is C27H37N7O11PS2+. The molecule has 1 aliphatic heterocycles. The number of rotatable bonds is 17. The van der Waals surface area contributed by atoms with Crippen LogP contribution in [0.2, 0.25) is 0 Å². The molecule has 1 amide bonds. The van der Waals surface area contributed by atoms with E-state index in [0.29, 0.717) is 17.4 Å². The Kier molecular flexibility index (Phi) is 11.4. The first kappa shape index (κ1) is 37.1. The quantitative estimate of drug-likeness (QED) is 0.0381. The van der Waals surface area contributed by atoms with Crippen LogP contribution in [0.15, 0.2) is 47.2 Å². The van der Waals surface area contributed by atoms with Gasteiger partial charge in [-0.25, -0.2) is 4.98 Å². The fourth-order valence-electron chi connectivity index (χ4n) is 4.80. The van der Waals surface area contributed by atoms with Gasteiger partial charge in [-0.15, -0.1) is 20.3 Å². The Hall–Kier alpha value is -3.75. The van der Waals surface area contributed by atoms with E-state index in [1.165, 1.54) is 19.2 Å². The molecule has 1 saturated heterocycles. The summed E-state index contributed by atoms with van der Waals surface area (Å²) in [7, 11) is -6.61. The lowest BCUT2D eigenvalue weighted by Gasteiger charge is -2.50. The molecule has 2 aromatic heterocycles. The zero-order chi connectivity index (χ0) is 35.4. The summed E-state index contributed by atoms with van der Waals surface area (Å²) in [6, 6.07) is 6.97. The number of aryl methyl sites for hydroxylation is 2. The molecule has 1 fully saturated rings. The topological polar surface area (TPSA) is 252 Å². The van der Waals surface area contributed by atoms with Crippen LogP contribution in [0.5, 0.6) is 5.75 Å². The Bertz CT molecular complexity index is 1830. The molecule has 0 radical (unpaired) electrons. The number of hydrogen-bond donors (Lipinski definition) is 4. The van der Waals surface area contributed by atoms with E-state index in [-0.39, 0.29) is 10.8 Å². The number of hydrogen-bond acceptors (Lipinski definition) is 14. The van der Waals surface area contributed by atoms with Crippen LogP contribution >= 0.6 is 18.9 Å². The van der Waals surface area contributed by atoms with Gasteiger partial charge in [-0.2, -0.15) is 18.2 Å². The van der Waals surface area contributed by atoms with E-state index in [1.807, 2.05) is 40.9 Å². The average molecular weight is 731 g/mol. The Morgan fingerprint density at radius 1 is 1.27 bits per heavy atom. The number of nitrogen functional groups attached to an aromatic ring is 1. The minimum atomic E-state index is -5.00. The maximum absolute atomic E-state index is 13.4. The highest BCUT2D eigenvalue weighted by molar-refractivity contribution is 7.80. The van der Waals surface area contributed by atoms with E-state index >= 15 is 0 Å². The highest BCUT2D eigenvalue weighted by atomic mass is 32.3. The molecule has 18 nitrogen and oxygen atoms in total. The molecule has 21 heteroatoms. The Balaban J connectivity index is 1.50. The molecule has 3 heterocycles. The number of carbonyl (C=O) groups is 2. The summed E-state index contributed by atoms with van der Waals surface area (Å²) in [5, 5.41) is 5.75. The number of amides is 1. The number of benzene rings is 1. The first-order valence-electron chi connectivity index (χ1n) is 14.3. The number of nitrogens with zero attached hydrogens (tertiary/aromatic N) is 5. The lowest BCUT2D eigenvalue weighted by atomic mass is 9.74. The van der Waals surface area contributed by atoms with Crippen LogP contribution in [0.1, 0.15) is 32.4 Å². The van der Waals surface area contributed by atoms with Crippen molar-refractivity contribution in [3.8, 4) is 16.9 Å². The predicted molar refractivity (Wildman–Crippen MR) is 172 cm³/mol. The number of Topliss-reactive ketones (excluding diaryl/α,β-unsaturated/α-hetero) is 1. The molecule has 48 heavy (non-hydrogen) atoms. The second kappa shape index (κ2) is 14.8. The number of aromatic nitrogens is 3. The van der Waals surface area contributed by atoms with Gasteiger partial charge in [-0.3, -0.25) is 18.7 Å². The van der Waals surface area contributed by atoms with Gasteiger partial charge in [0, 0.05) is 18.9 Å². The Morgan fingerprint density at radius 2 is 1.96 bits per heavy atom. The van der Waals surface area contributed by atoms with Crippen molar-refractivity contribution in [3.05, 3.63) is 47.7 Å². The van der Waals surface area contributed by atoms with Gasteiger partial charge >= 0.3 is 18.0 Å². The number of carbonyl (C=O) groups excluding carboxylic acids is 2. The van der Waals surface area contributed by atoms with E-state index < -0.39 is 65.7 Å². The van der Waals surface area contributed by atoms with Crippen LogP contribution in [0.4, 0.5) is 5.13 Å². The van der Waals surface area contributed by atoms with Crippen LogP contribution in [0.3, 0.4) is 0 Å². The Labute approximate surface area is 280 Å². The molecule has 0 bridgehead atoms. The van der Waals surface area contributed by atoms with Gasteiger partial charge in [-0.05, 0) is 44.5 Å². The SMILES string of the molecule is COP(=O)(O)[C@H](COc1ccc(-c2cn(CCCN)[n+](C)c2)cc1)O/N=C(\C(=O)C[C@@H]1C(=O)N(OS(=O)(=O)O)C1(C)C)c1csc(N)n1. The van der Waals surface area contributed by atoms with Crippen molar-refractivity contribution in [2.24, 2.45) is 23.9 Å². The van der Waals surface area contributed by atoms with Gasteiger partial charge in [-0.1, -0.05) is 17.3 Å². The highest BCUT2D eigenvalue weighted by Gasteiger charge is 2.57. The van der Waals surface area contributed by atoms with Crippen LogP contribution < -0.4 is 20.9 Å². The van der Waals surface area contributed by atoms with E-state index in [0.717, 1.165) is 42.5 Å². The fourth-order valence-corrected chi connectivity index (χ4v) is 6.46. The van der Waals surface area contributed by atoms with Crippen LogP contribution in [0.25, 0.3) is 11.1 Å². The van der Waals surface area contributed by atoms with Gasteiger partial charge in [0.2, 0.25) is 6.20 Å². The van der Waals surface area contributed by atoms with Crippen LogP contribution in [-0.4, -0.2) is 81.6 Å². The molecular weight excluding hydrogens is 693 g/mol. The summed E-state index contributed by atoms with van der Waals surface area (Å²) in [6.07, 6.45) is 4.28. The normalized spacial score (nSPS) is 18.2. The summed E-state index contributed by atoms with van der Waals surface area (Å²) < 4.78 is 63.0. The van der Waals surface area contributed by atoms with Gasteiger partial charge in [0.25, 0.3) is 11.8 Å². The molecule has 4 rings (SSSR count). The molecule has 1 aliphatic rings. The van der Waals surface area contributed by atoms with Crippen molar-refractivity contribution in [2.75, 3.05) is 26.0 Å². The lowest BCUT2D eigenvalue weighted by molar-refractivity contribution is -0.753. The van der Waals surface area contributed by atoms with Gasteiger partial charge < -0.3 is 30.5 Å². The number of ether oxygens (including phenoxy) is 1. The summed E-state index contributed by atoms with van der Waals surface area (Å²) in [5.41, 5.74) is 11.4. The number of β-lactam (4-membered cyclic amide) rings is 1. The van der Waals surface area contributed by atoms with Crippen molar-refractivity contribution in [1.82, 2.24) is 14.7 Å². The fraction of sp³-hybridized carbons (Fsp3) is 0.444. The maximum atomic E-state index is 13.4. The number of nitrogens with two attached hydrogens (primary N) is 2. The van der Waals surface area contributed by atoms with Crippen molar-refractivity contribution in [3.63, 3.8) is 0 Å². The van der Waals surface area contributed by atoms with Gasteiger partial charge in [0.05, 0.1) is 29.8 Å². The minimum absolute atomic E-state index is 0.0381. The summed E-state index contributed by atoms with van der Waals surface area (Å²) in [6.45, 7) is 3.67. The van der Waals surface area contributed by atoms with Gasteiger partial charge in [0.1, 0.15) is 18.1 Å². The number of anilines is 1. The maximum Gasteiger partial charge on any atom is 0.418 e. The highest BCUT2D eigenvalue weighted by Crippen LogP contribution is 2.47. The molecule has 0 saturated carbocycles. The van der Waals surface area contributed by atoms with Crippen molar-refractivity contribution < 1.29 is 55.1 Å². The minimum Gasteiger partial charge on any atom is -0.489 e. The van der Waals surface area contributed by atoms with E-state index in [9.17, 15) is 27.5 Å². The second-order valence-corrected chi connectivity index (χ2v) is 15.2. The molecule has 6 N–H and O–H groups in total. The number of ketones is 1. The average Bonchev–Trinajstić information content (AvgIpc) is 3.63. The Morgan fingerprint density at radius 3 is 2.52 bits per heavy atom. The first-order chi connectivity index (χ1) is 22.5. The third kappa shape index (κ3) is 8.63. The van der Waals surface area contributed by atoms with Crippen molar-refractivity contribution in [2.45, 2.75) is 44.6 Å². The summed E-state index contributed by atoms with van der Waals surface area (Å²) >= 11 is 0.980. The smallest absolute Gasteiger partial charge is 0.418 e. The molecule has 0 spiro atoms. The zero-order valence-corrected chi connectivity index (χ0v) is 29.0. The monoisotopic (exact) mass is 730 g/mol. The van der Waals surface area contributed by atoms with Crippen molar-refractivity contribution in [1.29, 1.82) is 0 Å². The molecule has 3 aromatic rings. The molecule has 3 atom stereocenters.